The average Bonchev–Trinajstić information content (AvgIpc) is 2.80. The van der Waals surface area contributed by atoms with E-state index in [2.05, 4.69) is 58.4 Å². The fourth-order valence-electron chi connectivity index (χ4n) is 3.79. The molecule has 1 saturated heterocycles. The van der Waals surface area contributed by atoms with Gasteiger partial charge in [0.1, 0.15) is 0 Å². The quantitative estimate of drug-likeness (QED) is 0.603. The van der Waals surface area contributed by atoms with Crippen LogP contribution in [0.1, 0.15) is 26.3 Å². The van der Waals surface area contributed by atoms with Gasteiger partial charge in [0.15, 0.2) is 5.82 Å². The van der Waals surface area contributed by atoms with Gasteiger partial charge in [0, 0.05) is 43.1 Å². The van der Waals surface area contributed by atoms with E-state index in [9.17, 15) is 4.79 Å². The van der Waals surface area contributed by atoms with Gasteiger partial charge in [-0.05, 0) is 54.4 Å². The van der Waals surface area contributed by atoms with Crippen LogP contribution in [0.4, 0.5) is 22.0 Å². The number of carbonyl (C=O) groups excluding carboxylic acids is 1. The van der Waals surface area contributed by atoms with Crippen LogP contribution in [0.3, 0.4) is 0 Å². The van der Waals surface area contributed by atoms with E-state index in [1.807, 2.05) is 60.7 Å². The second kappa shape index (κ2) is 9.58. The van der Waals surface area contributed by atoms with E-state index in [4.69, 9.17) is 0 Å². The molecule has 2 amide bonds. The molecule has 0 bridgehead atoms. The van der Waals surface area contributed by atoms with E-state index in [1.54, 1.807) is 0 Å². The van der Waals surface area contributed by atoms with Crippen LogP contribution in [0.5, 0.6) is 0 Å². The Morgan fingerprint density at radius 2 is 1.55 bits per heavy atom. The van der Waals surface area contributed by atoms with Crippen molar-refractivity contribution in [1.29, 1.82) is 0 Å². The highest BCUT2D eigenvalue weighted by Crippen LogP contribution is 2.24. The van der Waals surface area contributed by atoms with Gasteiger partial charge in [-0.3, -0.25) is 0 Å². The number of nitrogens with one attached hydrogen (secondary N) is 2. The van der Waals surface area contributed by atoms with Crippen molar-refractivity contribution in [3.8, 4) is 11.3 Å². The molecule has 1 aromatic heterocycles. The van der Waals surface area contributed by atoms with Gasteiger partial charge in [0.25, 0.3) is 0 Å². The molecule has 172 valence electrons. The molecular weight excluding hydrogens is 412 g/mol. The zero-order chi connectivity index (χ0) is 23.4. The van der Waals surface area contributed by atoms with E-state index in [-0.39, 0.29) is 11.4 Å². The number of urea groups is 1. The third-order valence-electron chi connectivity index (χ3n) is 5.90. The van der Waals surface area contributed by atoms with Crippen LogP contribution >= 0.6 is 0 Å². The van der Waals surface area contributed by atoms with Gasteiger partial charge in [-0.15, -0.1) is 10.2 Å². The molecule has 0 spiro atoms. The van der Waals surface area contributed by atoms with E-state index >= 15 is 0 Å². The topological polar surface area (TPSA) is 73.4 Å². The number of piperazine rings is 1. The lowest BCUT2D eigenvalue weighted by molar-refractivity contribution is 0.262. The van der Waals surface area contributed by atoms with Crippen LogP contribution in [0, 0.1) is 0 Å². The molecule has 1 aliphatic rings. The number of carbonyl (C=O) groups is 1. The van der Waals surface area contributed by atoms with Crippen molar-refractivity contribution in [2.75, 3.05) is 48.8 Å². The van der Waals surface area contributed by atoms with Crippen molar-refractivity contribution < 1.29 is 4.79 Å². The smallest absolute Gasteiger partial charge is 0.323 e. The summed E-state index contributed by atoms with van der Waals surface area (Å²) in [5.41, 5.74) is 4.42. The number of hydrogen-bond donors (Lipinski definition) is 2. The molecule has 33 heavy (non-hydrogen) atoms. The number of anilines is 3. The molecule has 2 aromatic carbocycles. The Bertz CT molecular complexity index is 1080. The van der Waals surface area contributed by atoms with Gasteiger partial charge in [0.2, 0.25) is 0 Å². The van der Waals surface area contributed by atoms with Gasteiger partial charge >= 0.3 is 6.03 Å². The molecule has 7 heteroatoms. The van der Waals surface area contributed by atoms with Gasteiger partial charge in [-0.2, -0.15) is 0 Å². The van der Waals surface area contributed by atoms with E-state index in [0.717, 1.165) is 48.9 Å². The molecule has 0 unspecified atom stereocenters. The number of rotatable bonds is 4. The molecule has 1 fully saturated rings. The van der Waals surface area contributed by atoms with Crippen molar-refractivity contribution in [3.05, 3.63) is 66.2 Å². The summed E-state index contributed by atoms with van der Waals surface area (Å²) in [5, 5.41) is 14.6. The van der Waals surface area contributed by atoms with Gasteiger partial charge in [-0.1, -0.05) is 45.0 Å². The molecule has 2 heterocycles. The SMILES string of the molecule is CN1CCN(c2ccc(-c3cccc(NC(=O)Nc4ccc(C(C)(C)C)cc4)c3)nn2)CC1. The van der Waals surface area contributed by atoms with Gasteiger partial charge < -0.3 is 20.4 Å². The number of nitrogens with zero attached hydrogens (tertiary/aromatic N) is 4. The zero-order valence-electron chi connectivity index (χ0n) is 19.8. The highest BCUT2D eigenvalue weighted by atomic mass is 16.2. The third kappa shape index (κ3) is 5.87. The van der Waals surface area contributed by atoms with Crippen LogP contribution < -0.4 is 15.5 Å². The molecule has 0 aliphatic carbocycles. The Kier molecular flexibility index (Phi) is 6.60. The summed E-state index contributed by atoms with van der Waals surface area (Å²) in [6.45, 7) is 10.5. The summed E-state index contributed by atoms with van der Waals surface area (Å²) in [7, 11) is 2.13. The molecule has 0 radical (unpaired) electrons. The second-order valence-corrected chi connectivity index (χ2v) is 9.55. The first-order valence-electron chi connectivity index (χ1n) is 11.3. The molecule has 0 saturated carbocycles. The van der Waals surface area contributed by atoms with Crippen LogP contribution in [0.15, 0.2) is 60.7 Å². The Morgan fingerprint density at radius 3 is 2.18 bits per heavy atom. The van der Waals surface area contributed by atoms with Crippen LogP contribution in [0.2, 0.25) is 0 Å². The first kappa shape index (κ1) is 22.7. The minimum Gasteiger partial charge on any atom is -0.353 e. The van der Waals surface area contributed by atoms with Crippen molar-refractivity contribution in [2.24, 2.45) is 0 Å². The zero-order valence-corrected chi connectivity index (χ0v) is 19.8. The van der Waals surface area contributed by atoms with E-state index in [1.165, 1.54) is 5.56 Å². The molecule has 4 rings (SSSR count). The number of amides is 2. The van der Waals surface area contributed by atoms with Gasteiger partial charge in [-0.25, -0.2) is 4.79 Å². The highest BCUT2D eigenvalue weighted by Gasteiger charge is 2.16. The molecule has 2 N–H and O–H groups in total. The lowest BCUT2D eigenvalue weighted by Gasteiger charge is -2.32. The molecule has 1 aliphatic heterocycles. The van der Waals surface area contributed by atoms with E-state index in [0.29, 0.717) is 5.69 Å². The lowest BCUT2D eigenvalue weighted by Crippen LogP contribution is -2.44. The number of aromatic nitrogens is 2. The van der Waals surface area contributed by atoms with E-state index < -0.39 is 0 Å². The Hall–Kier alpha value is -3.45. The monoisotopic (exact) mass is 444 g/mol. The average molecular weight is 445 g/mol. The number of likely N-dealkylation sites (N-methyl/N-ethyl adjacent to an activating group) is 1. The summed E-state index contributed by atoms with van der Waals surface area (Å²) >= 11 is 0. The first-order valence-corrected chi connectivity index (χ1v) is 11.3. The molecule has 7 nitrogen and oxygen atoms in total. The maximum absolute atomic E-state index is 12.5. The van der Waals surface area contributed by atoms with Crippen molar-refractivity contribution in [2.45, 2.75) is 26.2 Å². The summed E-state index contributed by atoms with van der Waals surface area (Å²) in [6.07, 6.45) is 0. The predicted molar refractivity (Wildman–Crippen MR) is 135 cm³/mol. The highest BCUT2D eigenvalue weighted by molar-refractivity contribution is 6.00. The predicted octanol–water partition coefficient (Wildman–Crippen LogP) is 4.84. The molecule has 3 aromatic rings. The minimum atomic E-state index is -0.285. The second-order valence-electron chi connectivity index (χ2n) is 9.55. The summed E-state index contributed by atoms with van der Waals surface area (Å²) in [4.78, 5) is 17.1. The van der Waals surface area contributed by atoms with Crippen molar-refractivity contribution >= 4 is 23.2 Å². The fraction of sp³-hybridized carbons (Fsp3) is 0.346. The minimum absolute atomic E-state index is 0.0762. The summed E-state index contributed by atoms with van der Waals surface area (Å²) in [5.74, 6) is 0.901. The fourth-order valence-corrected chi connectivity index (χ4v) is 3.79. The lowest BCUT2D eigenvalue weighted by atomic mass is 9.87. The molecular formula is C26H32N6O. The van der Waals surface area contributed by atoms with Crippen molar-refractivity contribution in [3.63, 3.8) is 0 Å². The Morgan fingerprint density at radius 1 is 0.848 bits per heavy atom. The first-order chi connectivity index (χ1) is 15.8. The number of hydrogen-bond acceptors (Lipinski definition) is 5. The third-order valence-corrected chi connectivity index (χ3v) is 5.90. The van der Waals surface area contributed by atoms with Crippen LogP contribution in [-0.4, -0.2) is 54.4 Å². The summed E-state index contributed by atoms with van der Waals surface area (Å²) in [6, 6.07) is 19.3. The Labute approximate surface area is 195 Å². The normalized spacial score (nSPS) is 14.7. The van der Waals surface area contributed by atoms with Gasteiger partial charge in [0.05, 0.1) is 5.69 Å². The number of benzene rings is 2. The summed E-state index contributed by atoms with van der Waals surface area (Å²) < 4.78 is 0. The standard InChI is InChI=1S/C26H32N6O/c1-26(2,3)20-8-10-21(11-9-20)27-25(33)28-22-7-5-6-19(18-22)23-12-13-24(30-29-23)32-16-14-31(4)15-17-32/h5-13,18H,14-17H2,1-4H3,(H2,27,28,33). The van der Waals surface area contributed by atoms with Crippen molar-refractivity contribution in [1.82, 2.24) is 15.1 Å². The maximum Gasteiger partial charge on any atom is 0.323 e. The Balaban J connectivity index is 1.39. The van der Waals surface area contributed by atoms with Crippen LogP contribution in [0.25, 0.3) is 11.3 Å². The largest absolute Gasteiger partial charge is 0.353 e. The molecule has 0 atom stereocenters. The maximum atomic E-state index is 12.5. The van der Waals surface area contributed by atoms with Crippen LogP contribution in [-0.2, 0) is 5.41 Å².